The van der Waals surface area contributed by atoms with Crippen molar-refractivity contribution >= 4 is 40.9 Å². The highest BCUT2D eigenvalue weighted by Gasteiger charge is 2.23. The molecule has 3 N–H and O–H groups in total. The molecule has 0 unspecified atom stereocenters. The van der Waals surface area contributed by atoms with Gasteiger partial charge in [-0.15, -0.1) is 11.3 Å². The largest absolute Gasteiger partial charge is 0.480 e. The Labute approximate surface area is 130 Å². The van der Waals surface area contributed by atoms with Crippen LogP contribution < -0.4 is 10.6 Å². The number of carboxylic acids is 1. The molecular formula is C12H15ClN2O5S. The van der Waals surface area contributed by atoms with Gasteiger partial charge in [0.2, 0.25) is 0 Å². The first-order valence-electron chi connectivity index (χ1n) is 6.00. The summed E-state index contributed by atoms with van der Waals surface area (Å²) in [6.45, 7) is 0.327. The zero-order chi connectivity index (χ0) is 15.8. The molecule has 1 atom stereocenters. The highest BCUT2D eigenvalue weighted by molar-refractivity contribution is 7.16. The smallest absolute Gasteiger partial charge is 0.326 e. The van der Waals surface area contributed by atoms with E-state index in [-0.39, 0.29) is 0 Å². The van der Waals surface area contributed by atoms with E-state index in [4.69, 9.17) is 16.7 Å². The highest BCUT2D eigenvalue weighted by Crippen LogP contribution is 2.21. The van der Waals surface area contributed by atoms with Gasteiger partial charge in [-0.2, -0.15) is 0 Å². The Balaban J connectivity index is 2.36. The fourth-order valence-corrected chi connectivity index (χ4v) is 2.53. The molecule has 2 amide bonds. The summed E-state index contributed by atoms with van der Waals surface area (Å²) in [6, 6.07) is 1.63. The molecule has 1 aromatic rings. The van der Waals surface area contributed by atoms with E-state index in [9.17, 15) is 14.4 Å². The van der Waals surface area contributed by atoms with Crippen molar-refractivity contribution in [1.82, 2.24) is 10.6 Å². The van der Waals surface area contributed by atoms with Gasteiger partial charge < -0.3 is 20.5 Å². The molecule has 0 saturated heterocycles. The van der Waals surface area contributed by atoms with Gasteiger partial charge in [0, 0.05) is 11.4 Å². The summed E-state index contributed by atoms with van der Waals surface area (Å²) in [5.41, 5.74) is 0. The predicted molar refractivity (Wildman–Crippen MR) is 77.6 cm³/mol. The second-order valence-electron chi connectivity index (χ2n) is 4.03. The number of rotatable bonds is 7. The van der Waals surface area contributed by atoms with Gasteiger partial charge in [-0.05, 0) is 18.6 Å². The third-order valence-corrected chi connectivity index (χ3v) is 3.78. The summed E-state index contributed by atoms with van der Waals surface area (Å²) in [5.74, 6) is -2.02. The van der Waals surface area contributed by atoms with E-state index in [1.165, 1.54) is 11.3 Å². The second kappa shape index (κ2) is 8.48. The standard InChI is InChI=1S/C12H15ClN2O5S/c1-20-10(16)6-8(11(17)18)15-12(19)14-5-4-7-2-3-9(13)21-7/h2-3,8H,4-6H2,1H3,(H,17,18)(H2,14,15,19)/t8-/m0/s1. The fraction of sp³-hybridized carbons (Fsp3) is 0.417. The summed E-state index contributed by atoms with van der Waals surface area (Å²) in [5, 5.41) is 13.6. The van der Waals surface area contributed by atoms with Crippen LogP contribution in [0.25, 0.3) is 0 Å². The van der Waals surface area contributed by atoms with Crippen molar-refractivity contribution in [3.8, 4) is 0 Å². The van der Waals surface area contributed by atoms with E-state index in [2.05, 4.69) is 15.4 Å². The van der Waals surface area contributed by atoms with Crippen molar-refractivity contribution in [3.63, 3.8) is 0 Å². The molecule has 0 bridgehead atoms. The zero-order valence-corrected chi connectivity index (χ0v) is 12.8. The second-order valence-corrected chi connectivity index (χ2v) is 5.83. The van der Waals surface area contributed by atoms with Gasteiger partial charge in [0.05, 0.1) is 17.9 Å². The normalized spacial score (nSPS) is 11.5. The van der Waals surface area contributed by atoms with Gasteiger partial charge in [-0.3, -0.25) is 4.79 Å². The Hall–Kier alpha value is -1.80. The number of halogens is 1. The van der Waals surface area contributed by atoms with Crippen molar-refractivity contribution in [2.75, 3.05) is 13.7 Å². The topological polar surface area (TPSA) is 105 Å². The number of carbonyl (C=O) groups is 3. The molecule has 21 heavy (non-hydrogen) atoms. The van der Waals surface area contributed by atoms with Crippen LogP contribution in [0.5, 0.6) is 0 Å². The molecule has 0 aliphatic rings. The molecule has 7 nitrogen and oxygen atoms in total. The van der Waals surface area contributed by atoms with Crippen LogP contribution in [0.3, 0.4) is 0 Å². The summed E-state index contributed by atoms with van der Waals surface area (Å²) in [6.07, 6.45) is 0.152. The molecule has 0 aromatic carbocycles. The van der Waals surface area contributed by atoms with Gasteiger partial charge in [0.1, 0.15) is 6.04 Å². The quantitative estimate of drug-likeness (QED) is 0.651. The van der Waals surface area contributed by atoms with E-state index >= 15 is 0 Å². The van der Waals surface area contributed by atoms with Crippen molar-refractivity contribution in [3.05, 3.63) is 21.3 Å². The third kappa shape index (κ3) is 6.46. The Kier molecular flexibility index (Phi) is 6.97. The Bertz CT molecular complexity index is 520. The van der Waals surface area contributed by atoms with Gasteiger partial charge in [0.15, 0.2) is 0 Å². The first kappa shape index (κ1) is 17.3. The Morgan fingerprint density at radius 1 is 1.43 bits per heavy atom. The molecule has 116 valence electrons. The first-order valence-corrected chi connectivity index (χ1v) is 7.20. The minimum absolute atomic E-state index is 0.327. The maximum absolute atomic E-state index is 11.6. The van der Waals surface area contributed by atoms with Crippen LogP contribution in [0.15, 0.2) is 12.1 Å². The minimum Gasteiger partial charge on any atom is -0.480 e. The van der Waals surface area contributed by atoms with E-state index in [1.54, 1.807) is 6.07 Å². The predicted octanol–water partition coefficient (Wildman–Crippen LogP) is 1.26. The number of aliphatic carboxylic acids is 1. The molecule has 0 saturated carbocycles. The average molecular weight is 335 g/mol. The van der Waals surface area contributed by atoms with Crippen LogP contribution in [0.1, 0.15) is 11.3 Å². The van der Waals surface area contributed by atoms with Crippen molar-refractivity contribution in [1.29, 1.82) is 0 Å². The van der Waals surface area contributed by atoms with Gasteiger partial charge in [-0.25, -0.2) is 9.59 Å². The first-order chi connectivity index (χ1) is 9.92. The van der Waals surface area contributed by atoms with E-state index < -0.39 is 30.4 Å². The van der Waals surface area contributed by atoms with E-state index in [0.29, 0.717) is 17.3 Å². The lowest BCUT2D eigenvalue weighted by molar-refractivity contribution is -0.147. The van der Waals surface area contributed by atoms with Gasteiger partial charge >= 0.3 is 18.0 Å². The van der Waals surface area contributed by atoms with Gasteiger partial charge in [0.25, 0.3) is 0 Å². The summed E-state index contributed by atoms with van der Waals surface area (Å²) < 4.78 is 5.03. The molecule has 0 fully saturated rings. The highest BCUT2D eigenvalue weighted by atomic mass is 35.5. The lowest BCUT2D eigenvalue weighted by Crippen LogP contribution is -2.47. The number of nitrogens with one attached hydrogen (secondary N) is 2. The average Bonchev–Trinajstić information content (AvgIpc) is 2.83. The van der Waals surface area contributed by atoms with Crippen LogP contribution in [0.2, 0.25) is 4.34 Å². The van der Waals surface area contributed by atoms with Crippen LogP contribution in [0, 0.1) is 0 Å². The number of methoxy groups -OCH3 is 1. The zero-order valence-electron chi connectivity index (χ0n) is 11.2. The molecule has 0 aliphatic carbocycles. The SMILES string of the molecule is COC(=O)C[C@H](NC(=O)NCCc1ccc(Cl)s1)C(=O)O. The molecular weight excluding hydrogens is 320 g/mol. The number of amides is 2. The number of hydrogen-bond donors (Lipinski definition) is 3. The van der Waals surface area contributed by atoms with E-state index in [0.717, 1.165) is 12.0 Å². The van der Waals surface area contributed by atoms with Crippen LogP contribution in [0.4, 0.5) is 4.79 Å². The number of ether oxygens (including phenoxy) is 1. The maximum Gasteiger partial charge on any atom is 0.326 e. The van der Waals surface area contributed by atoms with Gasteiger partial charge in [-0.1, -0.05) is 11.6 Å². The van der Waals surface area contributed by atoms with Crippen molar-refractivity contribution in [2.45, 2.75) is 18.9 Å². The lowest BCUT2D eigenvalue weighted by Gasteiger charge is -2.13. The van der Waals surface area contributed by atoms with Crippen LogP contribution >= 0.6 is 22.9 Å². The van der Waals surface area contributed by atoms with Crippen molar-refractivity contribution < 1.29 is 24.2 Å². The van der Waals surface area contributed by atoms with Crippen molar-refractivity contribution in [2.24, 2.45) is 0 Å². The lowest BCUT2D eigenvalue weighted by atomic mass is 10.2. The molecule has 0 radical (unpaired) electrons. The number of hydrogen-bond acceptors (Lipinski definition) is 5. The molecule has 1 aromatic heterocycles. The van der Waals surface area contributed by atoms with Crippen LogP contribution in [-0.2, 0) is 20.7 Å². The maximum atomic E-state index is 11.6. The molecule has 0 spiro atoms. The monoisotopic (exact) mass is 334 g/mol. The number of esters is 1. The number of thiophene rings is 1. The number of carboxylic acid groups (broad SMARTS) is 1. The number of urea groups is 1. The molecule has 1 rings (SSSR count). The summed E-state index contributed by atoms with van der Waals surface area (Å²) in [7, 11) is 1.15. The Morgan fingerprint density at radius 2 is 2.14 bits per heavy atom. The Morgan fingerprint density at radius 3 is 2.67 bits per heavy atom. The van der Waals surface area contributed by atoms with Crippen LogP contribution in [-0.4, -0.2) is 42.8 Å². The molecule has 0 aliphatic heterocycles. The molecule has 9 heteroatoms. The summed E-state index contributed by atoms with van der Waals surface area (Å²) >= 11 is 7.19. The molecule has 1 heterocycles. The summed E-state index contributed by atoms with van der Waals surface area (Å²) in [4.78, 5) is 34.5. The fourth-order valence-electron chi connectivity index (χ4n) is 1.44. The minimum atomic E-state index is -1.33. The third-order valence-electron chi connectivity index (χ3n) is 2.49. The van der Waals surface area contributed by atoms with E-state index in [1.807, 2.05) is 6.07 Å². The number of carbonyl (C=O) groups excluding carboxylic acids is 2.